The Kier molecular flexibility index (Phi) is 4.98. The molecule has 1 unspecified atom stereocenters. The Morgan fingerprint density at radius 2 is 2.24 bits per heavy atom. The van der Waals surface area contributed by atoms with E-state index in [-0.39, 0.29) is 12.5 Å². The van der Waals surface area contributed by atoms with Crippen LogP contribution in [0, 0.1) is 5.41 Å². The van der Waals surface area contributed by atoms with E-state index in [1.807, 2.05) is 13.2 Å². The number of nitrogens with zero attached hydrogens (tertiary/aromatic N) is 1. The van der Waals surface area contributed by atoms with E-state index in [1.54, 1.807) is 28.8 Å². The zero-order chi connectivity index (χ0) is 15.5. The van der Waals surface area contributed by atoms with Crippen molar-refractivity contribution < 1.29 is 19.1 Å². The van der Waals surface area contributed by atoms with Crippen molar-refractivity contribution in [3.8, 4) is 0 Å². The Hall–Kier alpha value is -1.43. The second-order valence-corrected chi connectivity index (χ2v) is 6.33. The molecule has 1 aliphatic rings. The summed E-state index contributed by atoms with van der Waals surface area (Å²) in [6.07, 6.45) is 3.84. The van der Waals surface area contributed by atoms with Crippen LogP contribution in [0.25, 0.3) is 0 Å². The first-order valence-corrected chi connectivity index (χ1v) is 8.52. The third kappa shape index (κ3) is 3.26. The molecule has 0 aliphatic carbocycles. The highest BCUT2D eigenvalue weighted by Crippen LogP contribution is 2.34. The predicted molar refractivity (Wildman–Crippen MR) is 81.4 cm³/mol. The number of likely N-dealkylation sites (tertiary alicyclic amines) is 1. The summed E-state index contributed by atoms with van der Waals surface area (Å²) in [6.45, 7) is 2.72. The van der Waals surface area contributed by atoms with Crippen LogP contribution in [0.5, 0.6) is 0 Å². The summed E-state index contributed by atoms with van der Waals surface area (Å²) in [7, 11) is 0. The summed E-state index contributed by atoms with van der Waals surface area (Å²) in [5.74, 6) is 0.770. The molecule has 5 nitrogen and oxygen atoms in total. The van der Waals surface area contributed by atoms with Gasteiger partial charge in [0.05, 0.1) is 11.2 Å². The second kappa shape index (κ2) is 6.56. The first kappa shape index (κ1) is 15.9. The van der Waals surface area contributed by atoms with Gasteiger partial charge in [-0.2, -0.15) is 11.8 Å². The van der Waals surface area contributed by atoms with E-state index in [2.05, 4.69) is 0 Å². The van der Waals surface area contributed by atoms with Crippen molar-refractivity contribution in [1.29, 1.82) is 0 Å². The van der Waals surface area contributed by atoms with E-state index in [1.165, 1.54) is 0 Å². The zero-order valence-electron chi connectivity index (χ0n) is 12.4. The number of hydrogen-bond acceptors (Lipinski definition) is 4. The van der Waals surface area contributed by atoms with Gasteiger partial charge in [0.25, 0.3) is 5.91 Å². The summed E-state index contributed by atoms with van der Waals surface area (Å²) in [5.41, 5.74) is -0.817. The molecule has 1 aromatic heterocycles. The fourth-order valence-corrected chi connectivity index (χ4v) is 3.23. The minimum absolute atomic E-state index is 0.207. The van der Waals surface area contributed by atoms with E-state index >= 15 is 0 Å². The lowest BCUT2D eigenvalue weighted by Gasteiger charge is -2.39. The lowest BCUT2D eigenvalue weighted by molar-refractivity contribution is -0.152. The summed E-state index contributed by atoms with van der Waals surface area (Å²) >= 11 is 1.63. The molecule has 1 fully saturated rings. The van der Waals surface area contributed by atoms with Crippen molar-refractivity contribution in [3.05, 3.63) is 23.7 Å². The van der Waals surface area contributed by atoms with Crippen LogP contribution in [-0.4, -0.2) is 41.2 Å². The third-order valence-corrected chi connectivity index (χ3v) is 4.73. The third-order valence-electron chi connectivity index (χ3n) is 4.15. The topological polar surface area (TPSA) is 70.8 Å². The zero-order valence-corrected chi connectivity index (χ0v) is 13.2. The van der Waals surface area contributed by atoms with Crippen LogP contribution in [0.2, 0.25) is 0 Å². The Balaban J connectivity index is 2.13. The molecule has 0 spiro atoms. The summed E-state index contributed by atoms with van der Waals surface area (Å²) in [4.78, 5) is 25.6. The number of aliphatic carboxylic acids is 1. The van der Waals surface area contributed by atoms with Crippen molar-refractivity contribution >= 4 is 23.6 Å². The number of thioether (sulfide) groups is 1. The highest BCUT2D eigenvalue weighted by molar-refractivity contribution is 7.97. The van der Waals surface area contributed by atoms with Crippen molar-refractivity contribution in [3.63, 3.8) is 0 Å². The molecule has 1 N–H and O–H groups in total. The van der Waals surface area contributed by atoms with Crippen molar-refractivity contribution in [2.75, 3.05) is 19.3 Å². The quantitative estimate of drug-likeness (QED) is 0.905. The molecule has 6 heteroatoms. The van der Waals surface area contributed by atoms with Gasteiger partial charge >= 0.3 is 5.97 Å². The fourth-order valence-electron chi connectivity index (χ4n) is 2.79. The van der Waals surface area contributed by atoms with Gasteiger partial charge in [-0.3, -0.25) is 9.59 Å². The van der Waals surface area contributed by atoms with Crippen LogP contribution in [0.1, 0.15) is 42.5 Å². The first-order chi connectivity index (χ1) is 10.0. The number of hydrogen-bond donors (Lipinski definition) is 1. The SMILES string of the molecule is CCC1(C(=O)O)CCCN(C(=O)c2ccc(CSC)o2)C1. The van der Waals surface area contributed by atoms with Gasteiger partial charge in [-0.1, -0.05) is 6.92 Å². The maximum absolute atomic E-state index is 12.5. The highest BCUT2D eigenvalue weighted by Gasteiger charge is 2.42. The average molecular weight is 311 g/mol. The molecular formula is C15H21NO4S. The number of carbonyl (C=O) groups is 2. The Labute approximate surface area is 128 Å². The number of rotatable bonds is 5. The molecule has 0 aromatic carbocycles. The fraction of sp³-hybridized carbons (Fsp3) is 0.600. The van der Waals surface area contributed by atoms with Crippen LogP contribution >= 0.6 is 11.8 Å². The Morgan fingerprint density at radius 1 is 1.48 bits per heavy atom. The minimum atomic E-state index is -0.817. The van der Waals surface area contributed by atoms with E-state index < -0.39 is 11.4 Å². The predicted octanol–water partition coefficient (Wildman–Crippen LogP) is 2.86. The number of furan rings is 1. The number of carbonyl (C=O) groups excluding carboxylic acids is 1. The van der Waals surface area contributed by atoms with Gasteiger partial charge in [-0.25, -0.2) is 0 Å². The molecule has 116 valence electrons. The monoisotopic (exact) mass is 311 g/mol. The van der Waals surface area contributed by atoms with Gasteiger partial charge in [0, 0.05) is 13.1 Å². The smallest absolute Gasteiger partial charge is 0.311 e. The summed E-state index contributed by atoms with van der Waals surface area (Å²) < 4.78 is 5.54. The van der Waals surface area contributed by atoms with Gasteiger partial charge < -0.3 is 14.4 Å². The molecule has 1 atom stereocenters. The normalized spacial score (nSPS) is 22.3. The van der Waals surface area contributed by atoms with Crippen LogP contribution in [0.15, 0.2) is 16.5 Å². The molecule has 1 aliphatic heterocycles. The van der Waals surface area contributed by atoms with Crippen LogP contribution < -0.4 is 0 Å². The standard InChI is InChI=1S/C15H21NO4S/c1-3-15(14(18)19)7-4-8-16(10-15)13(17)12-6-5-11(20-12)9-21-2/h5-6H,3-4,7-10H2,1-2H3,(H,18,19). The minimum Gasteiger partial charge on any atom is -0.481 e. The molecule has 1 aromatic rings. The Bertz CT molecular complexity index is 527. The number of amides is 1. The number of carboxylic acids is 1. The summed E-state index contributed by atoms with van der Waals surface area (Å²) in [6, 6.07) is 3.48. The largest absolute Gasteiger partial charge is 0.481 e. The first-order valence-electron chi connectivity index (χ1n) is 7.13. The van der Waals surface area contributed by atoms with E-state index in [0.717, 1.165) is 11.5 Å². The maximum Gasteiger partial charge on any atom is 0.311 e. The van der Waals surface area contributed by atoms with Crippen molar-refractivity contribution in [2.24, 2.45) is 5.41 Å². The molecular weight excluding hydrogens is 290 g/mol. The van der Waals surface area contributed by atoms with E-state index in [9.17, 15) is 14.7 Å². The van der Waals surface area contributed by atoms with E-state index in [4.69, 9.17) is 4.42 Å². The molecule has 0 bridgehead atoms. The number of piperidine rings is 1. The molecule has 0 radical (unpaired) electrons. The van der Waals surface area contributed by atoms with Crippen LogP contribution in [-0.2, 0) is 10.5 Å². The lowest BCUT2D eigenvalue weighted by Crippen LogP contribution is -2.49. The van der Waals surface area contributed by atoms with Crippen molar-refractivity contribution in [1.82, 2.24) is 4.90 Å². The summed E-state index contributed by atoms with van der Waals surface area (Å²) in [5, 5.41) is 9.47. The second-order valence-electron chi connectivity index (χ2n) is 5.47. The van der Waals surface area contributed by atoms with Gasteiger partial charge in [0.1, 0.15) is 5.76 Å². The van der Waals surface area contributed by atoms with Gasteiger partial charge in [-0.05, 0) is 37.7 Å². The lowest BCUT2D eigenvalue weighted by atomic mass is 9.77. The number of carboxylic acid groups (broad SMARTS) is 1. The maximum atomic E-state index is 12.5. The highest BCUT2D eigenvalue weighted by atomic mass is 32.2. The van der Waals surface area contributed by atoms with Gasteiger partial charge in [0.15, 0.2) is 5.76 Å². The molecule has 21 heavy (non-hydrogen) atoms. The van der Waals surface area contributed by atoms with Crippen LogP contribution in [0.3, 0.4) is 0 Å². The molecule has 2 heterocycles. The van der Waals surface area contributed by atoms with Crippen molar-refractivity contribution in [2.45, 2.75) is 31.9 Å². The Morgan fingerprint density at radius 3 is 2.86 bits per heavy atom. The average Bonchev–Trinajstić information content (AvgIpc) is 2.95. The van der Waals surface area contributed by atoms with Gasteiger partial charge in [0.2, 0.25) is 0 Å². The molecule has 2 rings (SSSR count). The van der Waals surface area contributed by atoms with E-state index in [0.29, 0.717) is 31.6 Å². The molecule has 1 amide bonds. The molecule has 0 saturated carbocycles. The van der Waals surface area contributed by atoms with Crippen LogP contribution in [0.4, 0.5) is 0 Å². The molecule has 1 saturated heterocycles. The van der Waals surface area contributed by atoms with Gasteiger partial charge in [-0.15, -0.1) is 0 Å².